The van der Waals surface area contributed by atoms with Crippen LogP contribution in [0.25, 0.3) is 0 Å². The molecule has 0 spiro atoms. The van der Waals surface area contributed by atoms with E-state index in [-0.39, 0.29) is 11.3 Å². The van der Waals surface area contributed by atoms with E-state index in [0.29, 0.717) is 10.6 Å². The summed E-state index contributed by atoms with van der Waals surface area (Å²) in [6, 6.07) is 7.62. The largest absolute Gasteiger partial charge is 0.478 e. The highest BCUT2D eigenvalue weighted by molar-refractivity contribution is 7.99. The molecular formula is C13H10N2O4S. The molecule has 0 saturated heterocycles. The van der Waals surface area contributed by atoms with E-state index in [1.165, 1.54) is 30.1 Å². The second kappa shape index (κ2) is 5.70. The Hall–Kier alpha value is -2.41. The lowest BCUT2D eigenvalue weighted by atomic mass is 10.2. The molecule has 0 aliphatic carbocycles. The van der Waals surface area contributed by atoms with Crippen molar-refractivity contribution in [2.45, 2.75) is 16.7 Å². The van der Waals surface area contributed by atoms with Crippen LogP contribution in [-0.4, -0.2) is 21.0 Å². The Labute approximate surface area is 118 Å². The Balaban J connectivity index is 2.31. The van der Waals surface area contributed by atoms with E-state index < -0.39 is 10.9 Å². The van der Waals surface area contributed by atoms with Crippen LogP contribution in [-0.2, 0) is 0 Å². The lowest BCUT2D eigenvalue weighted by Gasteiger charge is -2.06. The van der Waals surface area contributed by atoms with Gasteiger partial charge < -0.3 is 5.11 Å². The summed E-state index contributed by atoms with van der Waals surface area (Å²) >= 11 is 1.23. The van der Waals surface area contributed by atoms with Crippen LogP contribution in [0.5, 0.6) is 0 Å². The molecule has 0 radical (unpaired) electrons. The molecule has 0 fully saturated rings. The van der Waals surface area contributed by atoms with Gasteiger partial charge in [0.1, 0.15) is 0 Å². The molecule has 6 nitrogen and oxygen atoms in total. The van der Waals surface area contributed by atoms with Gasteiger partial charge in [-0.1, -0.05) is 11.8 Å². The number of nitro benzene ring substituents is 1. The number of carbonyl (C=O) groups is 1. The van der Waals surface area contributed by atoms with Crippen molar-refractivity contribution >= 4 is 23.4 Å². The van der Waals surface area contributed by atoms with Crippen molar-refractivity contribution in [3.8, 4) is 0 Å². The normalized spacial score (nSPS) is 10.2. The molecule has 1 heterocycles. The predicted octanol–water partition coefficient (Wildman–Crippen LogP) is 3.15. The quantitative estimate of drug-likeness (QED) is 0.686. The van der Waals surface area contributed by atoms with Gasteiger partial charge in [-0.15, -0.1) is 0 Å². The van der Waals surface area contributed by atoms with Crippen molar-refractivity contribution < 1.29 is 14.8 Å². The molecule has 0 atom stereocenters. The van der Waals surface area contributed by atoms with Crippen LogP contribution >= 0.6 is 11.8 Å². The van der Waals surface area contributed by atoms with Gasteiger partial charge in [0.15, 0.2) is 0 Å². The minimum atomic E-state index is -1.05. The summed E-state index contributed by atoms with van der Waals surface area (Å²) in [5.74, 6) is -1.05. The van der Waals surface area contributed by atoms with Gasteiger partial charge in [-0.05, 0) is 25.1 Å². The molecule has 7 heteroatoms. The Morgan fingerprint density at radius 2 is 2.00 bits per heavy atom. The van der Waals surface area contributed by atoms with Gasteiger partial charge in [-0.3, -0.25) is 15.1 Å². The molecule has 0 aliphatic rings. The van der Waals surface area contributed by atoms with Crippen LogP contribution in [0.1, 0.15) is 16.1 Å². The van der Waals surface area contributed by atoms with Crippen molar-refractivity contribution in [1.82, 2.24) is 4.98 Å². The van der Waals surface area contributed by atoms with Crippen LogP contribution in [0.2, 0.25) is 0 Å². The van der Waals surface area contributed by atoms with Crippen molar-refractivity contribution in [2.75, 3.05) is 0 Å². The number of nitrogens with zero attached hydrogens (tertiary/aromatic N) is 2. The number of nitro groups is 1. The highest BCUT2D eigenvalue weighted by Gasteiger charge is 2.13. The summed E-state index contributed by atoms with van der Waals surface area (Å²) in [5, 5.41) is 19.7. The topological polar surface area (TPSA) is 93.3 Å². The van der Waals surface area contributed by atoms with Crippen LogP contribution in [0.3, 0.4) is 0 Å². The van der Waals surface area contributed by atoms with Gasteiger partial charge in [0.25, 0.3) is 5.69 Å². The minimum Gasteiger partial charge on any atom is -0.478 e. The van der Waals surface area contributed by atoms with Gasteiger partial charge in [0, 0.05) is 33.8 Å². The SMILES string of the molecule is Cc1cc(Sc2ccc([N+](=O)[O-])cc2)c(C(=O)O)cn1. The summed E-state index contributed by atoms with van der Waals surface area (Å²) in [4.78, 5) is 26.5. The lowest BCUT2D eigenvalue weighted by molar-refractivity contribution is -0.384. The molecule has 20 heavy (non-hydrogen) atoms. The zero-order valence-corrected chi connectivity index (χ0v) is 11.3. The number of hydrogen-bond donors (Lipinski definition) is 1. The maximum atomic E-state index is 11.1. The fraction of sp³-hybridized carbons (Fsp3) is 0.0769. The van der Waals surface area contributed by atoms with Crippen molar-refractivity contribution in [3.05, 3.63) is 57.9 Å². The molecule has 102 valence electrons. The second-order valence-corrected chi connectivity index (χ2v) is 5.10. The zero-order chi connectivity index (χ0) is 14.7. The average molecular weight is 290 g/mol. The number of rotatable bonds is 4. The van der Waals surface area contributed by atoms with E-state index in [2.05, 4.69) is 4.98 Å². The van der Waals surface area contributed by atoms with E-state index in [9.17, 15) is 14.9 Å². The third-order valence-electron chi connectivity index (χ3n) is 2.51. The van der Waals surface area contributed by atoms with Gasteiger partial charge >= 0.3 is 5.97 Å². The maximum Gasteiger partial charge on any atom is 0.338 e. The Morgan fingerprint density at radius 1 is 1.35 bits per heavy atom. The number of aromatic nitrogens is 1. The molecule has 1 N–H and O–H groups in total. The Kier molecular flexibility index (Phi) is 3.99. The molecule has 0 unspecified atom stereocenters. The number of aryl methyl sites for hydroxylation is 1. The maximum absolute atomic E-state index is 11.1. The zero-order valence-electron chi connectivity index (χ0n) is 10.4. The summed E-state index contributed by atoms with van der Waals surface area (Å²) < 4.78 is 0. The molecule has 0 saturated carbocycles. The van der Waals surface area contributed by atoms with Gasteiger partial charge in [-0.2, -0.15) is 0 Å². The van der Waals surface area contributed by atoms with Gasteiger partial charge in [0.2, 0.25) is 0 Å². The molecule has 0 amide bonds. The van der Waals surface area contributed by atoms with Crippen LogP contribution < -0.4 is 0 Å². The second-order valence-electron chi connectivity index (χ2n) is 3.98. The van der Waals surface area contributed by atoms with Crippen LogP contribution in [0, 0.1) is 17.0 Å². The Bertz CT molecular complexity index is 671. The van der Waals surface area contributed by atoms with Crippen molar-refractivity contribution in [1.29, 1.82) is 0 Å². The highest BCUT2D eigenvalue weighted by atomic mass is 32.2. The first-order chi connectivity index (χ1) is 9.47. The standard InChI is InChI=1S/C13H10N2O4S/c1-8-6-12(11(7-14-8)13(16)17)20-10-4-2-9(3-5-10)15(18)19/h2-7H,1H3,(H,16,17). The van der Waals surface area contributed by atoms with Crippen molar-refractivity contribution in [3.63, 3.8) is 0 Å². The van der Waals surface area contributed by atoms with Crippen molar-refractivity contribution in [2.24, 2.45) is 0 Å². The van der Waals surface area contributed by atoms with Crippen LogP contribution in [0.4, 0.5) is 5.69 Å². The fourth-order valence-corrected chi connectivity index (χ4v) is 2.55. The summed E-state index contributed by atoms with van der Waals surface area (Å²) in [5.41, 5.74) is 0.817. The lowest BCUT2D eigenvalue weighted by Crippen LogP contribution is -2.00. The average Bonchev–Trinajstić information content (AvgIpc) is 2.39. The van der Waals surface area contributed by atoms with E-state index >= 15 is 0 Å². The molecular weight excluding hydrogens is 280 g/mol. The van der Waals surface area contributed by atoms with E-state index in [4.69, 9.17) is 5.11 Å². The van der Waals surface area contributed by atoms with E-state index in [0.717, 1.165) is 4.90 Å². The van der Waals surface area contributed by atoms with Gasteiger partial charge in [0.05, 0.1) is 10.5 Å². The van der Waals surface area contributed by atoms with E-state index in [1.807, 2.05) is 0 Å². The monoisotopic (exact) mass is 290 g/mol. The number of hydrogen-bond acceptors (Lipinski definition) is 5. The number of non-ortho nitro benzene ring substituents is 1. The smallest absolute Gasteiger partial charge is 0.338 e. The minimum absolute atomic E-state index is 0.00119. The summed E-state index contributed by atoms with van der Waals surface area (Å²) in [6.07, 6.45) is 1.31. The van der Waals surface area contributed by atoms with Crippen LogP contribution in [0.15, 0.2) is 46.3 Å². The molecule has 2 rings (SSSR count). The first-order valence-electron chi connectivity index (χ1n) is 5.59. The third-order valence-corrected chi connectivity index (χ3v) is 3.57. The van der Waals surface area contributed by atoms with E-state index in [1.54, 1.807) is 25.1 Å². The van der Waals surface area contributed by atoms with Gasteiger partial charge in [-0.25, -0.2) is 4.79 Å². The first kappa shape index (κ1) is 14.0. The Morgan fingerprint density at radius 3 is 2.55 bits per heavy atom. The number of carboxylic acids is 1. The molecule has 1 aromatic carbocycles. The third kappa shape index (κ3) is 3.12. The summed E-state index contributed by atoms with van der Waals surface area (Å²) in [7, 11) is 0. The fourth-order valence-electron chi connectivity index (χ4n) is 1.54. The number of pyridine rings is 1. The number of benzene rings is 1. The number of aromatic carboxylic acids is 1. The molecule has 2 aromatic rings. The highest BCUT2D eigenvalue weighted by Crippen LogP contribution is 2.31. The molecule has 0 bridgehead atoms. The number of carboxylic acid groups (broad SMARTS) is 1. The predicted molar refractivity (Wildman–Crippen MR) is 73.2 cm³/mol. The molecule has 0 aliphatic heterocycles. The summed E-state index contributed by atoms with van der Waals surface area (Å²) in [6.45, 7) is 1.77. The molecule has 1 aromatic heterocycles. The first-order valence-corrected chi connectivity index (χ1v) is 6.41.